The van der Waals surface area contributed by atoms with E-state index in [4.69, 9.17) is 9.84 Å². The Morgan fingerprint density at radius 2 is 1.94 bits per heavy atom. The first kappa shape index (κ1) is 13.0. The van der Waals surface area contributed by atoms with Crippen LogP contribution in [0.1, 0.15) is 32.1 Å². The summed E-state index contributed by atoms with van der Waals surface area (Å²) >= 11 is 0. The second kappa shape index (κ2) is 7.22. The molecule has 0 aromatic carbocycles. The van der Waals surface area contributed by atoms with Crippen LogP contribution in [0.2, 0.25) is 0 Å². The smallest absolute Gasteiger partial charge is 0.306 e. The molecular weight excluding hydrogens is 210 g/mol. The number of ether oxygens (including phenoxy) is 1. The molecule has 1 heterocycles. The number of carbonyl (C=O) groups excluding carboxylic acids is 1. The predicted octanol–water partition coefficient (Wildman–Crippen LogP) is 0.784. The van der Waals surface area contributed by atoms with Crippen LogP contribution in [0.15, 0.2) is 0 Å². The predicted molar refractivity (Wildman–Crippen MR) is 58.0 cm³/mol. The van der Waals surface area contributed by atoms with Crippen molar-refractivity contribution in [2.24, 2.45) is 5.92 Å². The molecule has 16 heavy (non-hydrogen) atoms. The van der Waals surface area contributed by atoms with Gasteiger partial charge in [-0.3, -0.25) is 9.59 Å². The first-order valence-electron chi connectivity index (χ1n) is 5.76. The van der Waals surface area contributed by atoms with Crippen LogP contribution in [0.25, 0.3) is 0 Å². The van der Waals surface area contributed by atoms with E-state index in [0.717, 1.165) is 32.4 Å². The Morgan fingerprint density at radius 3 is 2.56 bits per heavy atom. The maximum absolute atomic E-state index is 11.1. The van der Waals surface area contributed by atoms with Crippen LogP contribution in [-0.4, -0.2) is 36.7 Å². The third kappa shape index (κ3) is 5.70. The maximum atomic E-state index is 11.1. The van der Waals surface area contributed by atoms with Crippen LogP contribution in [-0.2, 0) is 14.3 Å². The molecule has 0 amide bonds. The lowest BCUT2D eigenvalue weighted by Crippen LogP contribution is -2.28. The van der Waals surface area contributed by atoms with Gasteiger partial charge in [0, 0.05) is 0 Å². The highest BCUT2D eigenvalue weighted by molar-refractivity contribution is 5.76. The Morgan fingerprint density at radius 1 is 1.25 bits per heavy atom. The van der Waals surface area contributed by atoms with Gasteiger partial charge in [0.2, 0.25) is 0 Å². The summed E-state index contributed by atoms with van der Waals surface area (Å²) in [6.07, 6.45) is 2.98. The van der Waals surface area contributed by atoms with E-state index in [2.05, 4.69) is 5.32 Å². The third-order valence-electron chi connectivity index (χ3n) is 2.79. The van der Waals surface area contributed by atoms with Crippen LogP contribution < -0.4 is 5.32 Å². The second-order valence-electron chi connectivity index (χ2n) is 4.10. The first-order valence-corrected chi connectivity index (χ1v) is 5.76. The summed E-state index contributed by atoms with van der Waals surface area (Å²) in [7, 11) is 0. The zero-order valence-corrected chi connectivity index (χ0v) is 9.41. The lowest BCUT2D eigenvalue weighted by atomic mass is 9.95. The average Bonchev–Trinajstić information content (AvgIpc) is 2.28. The Kier molecular flexibility index (Phi) is 5.85. The molecule has 0 unspecified atom stereocenters. The van der Waals surface area contributed by atoms with Gasteiger partial charge in [-0.05, 0) is 38.3 Å². The van der Waals surface area contributed by atoms with Crippen molar-refractivity contribution in [3.8, 4) is 0 Å². The van der Waals surface area contributed by atoms with Crippen LogP contribution >= 0.6 is 0 Å². The lowest BCUT2D eigenvalue weighted by molar-refractivity contribution is -0.148. The highest BCUT2D eigenvalue weighted by atomic mass is 16.5. The SMILES string of the molecule is O=C(O)CCC(=O)OCCC1CCNCC1. The summed E-state index contributed by atoms with van der Waals surface area (Å²) < 4.78 is 4.97. The molecule has 2 N–H and O–H groups in total. The monoisotopic (exact) mass is 229 g/mol. The maximum Gasteiger partial charge on any atom is 0.306 e. The van der Waals surface area contributed by atoms with Gasteiger partial charge in [-0.2, -0.15) is 0 Å². The van der Waals surface area contributed by atoms with Gasteiger partial charge in [-0.25, -0.2) is 0 Å². The van der Waals surface area contributed by atoms with E-state index in [1.165, 1.54) is 0 Å². The van der Waals surface area contributed by atoms with Crippen LogP contribution in [0.5, 0.6) is 0 Å². The summed E-state index contributed by atoms with van der Waals surface area (Å²) in [4.78, 5) is 21.3. The van der Waals surface area contributed by atoms with E-state index in [9.17, 15) is 9.59 Å². The van der Waals surface area contributed by atoms with Gasteiger partial charge in [0.15, 0.2) is 0 Å². The Hall–Kier alpha value is -1.10. The van der Waals surface area contributed by atoms with Crippen molar-refractivity contribution in [3.05, 3.63) is 0 Å². The molecule has 0 saturated carbocycles. The molecule has 1 saturated heterocycles. The van der Waals surface area contributed by atoms with Crippen molar-refractivity contribution in [1.29, 1.82) is 0 Å². The zero-order chi connectivity index (χ0) is 11.8. The van der Waals surface area contributed by atoms with Crippen molar-refractivity contribution in [2.75, 3.05) is 19.7 Å². The Bertz CT molecular complexity index is 236. The van der Waals surface area contributed by atoms with E-state index in [1.807, 2.05) is 0 Å². The van der Waals surface area contributed by atoms with Crippen molar-refractivity contribution in [1.82, 2.24) is 5.32 Å². The summed E-state index contributed by atoms with van der Waals surface area (Å²) in [5.41, 5.74) is 0. The molecule has 0 spiro atoms. The number of piperidine rings is 1. The molecule has 0 aliphatic carbocycles. The van der Waals surface area contributed by atoms with E-state index >= 15 is 0 Å². The molecule has 0 aromatic heterocycles. The largest absolute Gasteiger partial charge is 0.481 e. The summed E-state index contributed by atoms with van der Waals surface area (Å²) in [6, 6.07) is 0. The number of carbonyl (C=O) groups is 2. The molecule has 5 heteroatoms. The molecule has 0 atom stereocenters. The summed E-state index contributed by atoms with van der Waals surface area (Å²) in [6.45, 7) is 2.50. The fourth-order valence-electron chi connectivity index (χ4n) is 1.79. The van der Waals surface area contributed by atoms with Gasteiger partial charge in [0.25, 0.3) is 0 Å². The van der Waals surface area contributed by atoms with Crippen molar-refractivity contribution in [3.63, 3.8) is 0 Å². The lowest BCUT2D eigenvalue weighted by Gasteiger charge is -2.22. The fourth-order valence-corrected chi connectivity index (χ4v) is 1.79. The minimum atomic E-state index is -0.963. The van der Waals surface area contributed by atoms with Gasteiger partial charge in [0.05, 0.1) is 19.4 Å². The molecule has 1 aliphatic heterocycles. The molecule has 0 bridgehead atoms. The van der Waals surface area contributed by atoms with Crippen molar-refractivity contribution < 1.29 is 19.4 Å². The van der Waals surface area contributed by atoms with Crippen LogP contribution in [0.4, 0.5) is 0 Å². The molecule has 0 aromatic rings. The Balaban J connectivity index is 2.01. The minimum absolute atomic E-state index is 0.0262. The molecule has 1 rings (SSSR count). The average molecular weight is 229 g/mol. The van der Waals surface area contributed by atoms with E-state index in [1.54, 1.807) is 0 Å². The van der Waals surface area contributed by atoms with Gasteiger partial charge in [-0.15, -0.1) is 0 Å². The fraction of sp³-hybridized carbons (Fsp3) is 0.818. The molecule has 1 fully saturated rings. The molecule has 0 radical (unpaired) electrons. The van der Waals surface area contributed by atoms with Gasteiger partial charge >= 0.3 is 11.9 Å². The summed E-state index contributed by atoms with van der Waals surface area (Å²) in [5.74, 6) is -0.736. The second-order valence-corrected chi connectivity index (χ2v) is 4.10. The first-order chi connectivity index (χ1) is 7.68. The van der Waals surface area contributed by atoms with E-state index in [0.29, 0.717) is 12.5 Å². The third-order valence-corrected chi connectivity index (χ3v) is 2.79. The number of nitrogens with one attached hydrogen (secondary N) is 1. The number of esters is 1. The van der Waals surface area contributed by atoms with Gasteiger partial charge in [0.1, 0.15) is 0 Å². The minimum Gasteiger partial charge on any atom is -0.481 e. The number of hydrogen-bond donors (Lipinski definition) is 2. The highest BCUT2D eigenvalue weighted by Crippen LogP contribution is 2.15. The molecule has 1 aliphatic rings. The van der Waals surface area contributed by atoms with E-state index < -0.39 is 11.9 Å². The molecular formula is C11H19NO4. The van der Waals surface area contributed by atoms with Gasteiger partial charge < -0.3 is 15.2 Å². The zero-order valence-electron chi connectivity index (χ0n) is 9.41. The number of hydrogen-bond acceptors (Lipinski definition) is 4. The number of carboxylic acid groups (broad SMARTS) is 1. The number of carboxylic acids is 1. The van der Waals surface area contributed by atoms with Crippen LogP contribution in [0.3, 0.4) is 0 Å². The van der Waals surface area contributed by atoms with Gasteiger partial charge in [-0.1, -0.05) is 0 Å². The highest BCUT2D eigenvalue weighted by Gasteiger charge is 2.13. The normalized spacial score (nSPS) is 17.0. The van der Waals surface area contributed by atoms with Crippen molar-refractivity contribution >= 4 is 11.9 Å². The molecule has 92 valence electrons. The van der Waals surface area contributed by atoms with E-state index in [-0.39, 0.29) is 12.8 Å². The quantitative estimate of drug-likeness (QED) is 0.658. The molecule has 5 nitrogen and oxygen atoms in total. The Labute approximate surface area is 95.2 Å². The van der Waals surface area contributed by atoms with Crippen LogP contribution in [0, 0.1) is 5.92 Å². The number of aliphatic carboxylic acids is 1. The summed E-state index contributed by atoms with van der Waals surface area (Å²) in [5, 5.41) is 11.7. The standard InChI is InChI=1S/C11H19NO4/c13-10(14)1-2-11(15)16-8-5-9-3-6-12-7-4-9/h9,12H,1-8H2,(H,13,14). The van der Waals surface area contributed by atoms with Crippen molar-refractivity contribution in [2.45, 2.75) is 32.1 Å². The topological polar surface area (TPSA) is 75.6 Å². The number of rotatable bonds is 6.